The molecule has 1 amide bonds. The predicted octanol–water partition coefficient (Wildman–Crippen LogP) is -1.58. The predicted molar refractivity (Wildman–Crippen MR) is 154 cm³/mol. The lowest BCUT2D eigenvalue weighted by Crippen LogP contribution is -2.56. The molecule has 1 saturated carbocycles. The van der Waals surface area contributed by atoms with E-state index >= 15 is 0 Å². The highest BCUT2D eigenvalue weighted by Crippen LogP contribution is 2.52. The lowest BCUT2D eigenvalue weighted by molar-refractivity contribution is -0.151. The molecule has 45 heavy (non-hydrogen) atoms. The van der Waals surface area contributed by atoms with E-state index in [1.807, 2.05) is 0 Å². The second-order valence-corrected chi connectivity index (χ2v) is 15.0. The zero-order chi connectivity index (χ0) is 32.7. The standard InChI is InChI=1S/C23H35ClN7O12PS/c1-41-11-23(44(36,37)38,21(35)29-45(39,40)30-7-6-13(32)9-30)42-10-15-16(33)17(34)20(43-15)31-19-14(8-25-31)18(27-22(24)28-19)26-12-4-2-3-5-12/h8,12-13,15-17,20,32-34H,2-7,9-11H2,1H3,(H,29,35)(H,26,27,28)(H2,36,37,38)/t13-,15-,16-,17-,20-,23+/m1/s1. The monoisotopic (exact) mass is 699 g/mol. The van der Waals surface area contributed by atoms with Crippen molar-refractivity contribution < 1.29 is 57.1 Å². The maximum atomic E-state index is 13.2. The van der Waals surface area contributed by atoms with Crippen LogP contribution in [0.1, 0.15) is 38.3 Å². The highest BCUT2D eigenvalue weighted by atomic mass is 35.5. The highest BCUT2D eigenvalue weighted by molar-refractivity contribution is 7.87. The van der Waals surface area contributed by atoms with Crippen LogP contribution in [0, 0.1) is 0 Å². The molecule has 0 aromatic carbocycles. The number of fused-ring (bicyclic) bond motifs is 1. The van der Waals surface area contributed by atoms with Crippen molar-refractivity contribution in [3.63, 3.8) is 0 Å². The van der Waals surface area contributed by atoms with Crippen molar-refractivity contribution in [1.29, 1.82) is 0 Å². The molecule has 0 radical (unpaired) electrons. The van der Waals surface area contributed by atoms with Gasteiger partial charge in [0, 0.05) is 26.2 Å². The van der Waals surface area contributed by atoms with E-state index in [4.69, 9.17) is 25.8 Å². The van der Waals surface area contributed by atoms with Gasteiger partial charge < -0.3 is 44.6 Å². The van der Waals surface area contributed by atoms with Crippen LogP contribution in [0.5, 0.6) is 0 Å². The third kappa shape index (κ3) is 6.83. The summed E-state index contributed by atoms with van der Waals surface area (Å²) in [6.07, 6.45) is -1.72. The molecule has 0 bridgehead atoms. The SMILES string of the molecule is COC[C@@](OC[C@H]1O[C@@H](n2ncc3c(NC4CCCC4)nc(Cl)nc32)[C@H](O)[C@@H]1O)(C(=O)NS(=O)(=O)N1CC[C@@H](O)C1)P(=O)(O)O. The molecule has 4 heterocycles. The molecule has 19 nitrogen and oxygen atoms in total. The fraction of sp³-hybridized carbons (Fsp3) is 0.739. The highest BCUT2D eigenvalue weighted by Gasteiger charge is 2.58. The van der Waals surface area contributed by atoms with E-state index < -0.39 is 72.9 Å². The molecule has 2 aromatic heterocycles. The number of hydrogen-bond acceptors (Lipinski definition) is 14. The topological polar surface area (TPSA) is 268 Å². The Morgan fingerprint density at radius 2 is 1.91 bits per heavy atom. The summed E-state index contributed by atoms with van der Waals surface area (Å²) in [6.45, 7) is -2.50. The Morgan fingerprint density at radius 3 is 2.53 bits per heavy atom. The van der Waals surface area contributed by atoms with Gasteiger partial charge in [0.1, 0.15) is 24.1 Å². The van der Waals surface area contributed by atoms with Crippen LogP contribution in [0.2, 0.25) is 5.28 Å². The summed E-state index contributed by atoms with van der Waals surface area (Å²) in [5.41, 5.74) is 0.161. The number of nitrogens with one attached hydrogen (secondary N) is 2. The fourth-order valence-electron chi connectivity index (χ4n) is 5.61. The summed E-state index contributed by atoms with van der Waals surface area (Å²) in [5, 5.41) is 36.1. The van der Waals surface area contributed by atoms with Gasteiger partial charge in [-0.25, -0.2) is 9.40 Å². The van der Waals surface area contributed by atoms with E-state index in [9.17, 15) is 42.9 Å². The number of rotatable bonds is 12. The van der Waals surface area contributed by atoms with Crippen LogP contribution in [0.4, 0.5) is 5.82 Å². The molecular formula is C23H35ClN7O12PS. The van der Waals surface area contributed by atoms with Gasteiger partial charge in [0.25, 0.3) is 11.2 Å². The van der Waals surface area contributed by atoms with Crippen molar-refractivity contribution in [2.24, 2.45) is 0 Å². The van der Waals surface area contributed by atoms with E-state index in [1.54, 1.807) is 4.72 Å². The molecule has 0 spiro atoms. The molecule has 252 valence electrons. The van der Waals surface area contributed by atoms with Crippen LogP contribution in [0.3, 0.4) is 0 Å². The van der Waals surface area contributed by atoms with Crippen molar-refractivity contribution in [2.45, 2.75) is 74.1 Å². The summed E-state index contributed by atoms with van der Waals surface area (Å²) >= 11 is 6.18. The number of amides is 1. The Balaban J connectivity index is 1.36. The van der Waals surface area contributed by atoms with E-state index in [1.165, 1.54) is 6.20 Å². The second kappa shape index (κ2) is 13.2. The molecule has 7 N–H and O–H groups in total. The van der Waals surface area contributed by atoms with Crippen LogP contribution in [0.25, 0.3) is 11.0 Å². The first-order chi connectivity index (χ1) is 21.2. The number of aliphatic hydroxyl groups excluding tert-OH is 3. The third-order valence-corrected chi connectivity index (χ3v) is 11.1. The number of halogens is 1. The summed E-state index contributed by atoms with van der Waals surface area (Å²) in [4.78, 5) is 42.1. The van der Waals surface area contributed by atoms with Crippen molar-refractivity contribution in [3.8, 4) is 0 Å². The van der Waals surface area contributed by atoms with E-state index in [-0.39, 0.29) is 36.5 Å². The smallest absolute Gasteiger partial charge is 0.369 e. The summed E-state index contributed by atoms with van der Waals surface area (Å²) in [6, 6.07) is 0.176. The van der Waals surface area contributed by atoms with Crippen molar-refractivity contribution in [3.05, 3.63) is 11.5 Å². The third-order valence-electron chi connectivity index (χ3n) is 8.04. The molecule has 2 aromatic rings. The quantitative estimate of drug-likeness (QED) is 0.0973. The van der Waals surface area contributed by atoms with Gasteiger partial charge in [-0.3, -0.25) is 9.36 Å². The van der Waals surface area contributed by atoms with Gasteiger partial charge in [0.05, 0.1) is 30.9 Å². The van der Waals surface area contributed by atoms with Crippen LogP contribution in [-0.2, 0) is 33.8 Å². The normalized spacial score (nSPS) is 28.1. The Labute approximate surface area is 262 Å². The van der Waals surface area contributed by atoms with E-state index in [0.29, 0.717) is 11.2 Å². The molecule has 1 aliphatic carbocycles. The molecule has 3 fully saturated rings. The van der Waals surface area contributed by atoms with Crippen molar-refractivity contribution in [1.82, 2.24) is 28.8 Å². The summed E-state index contributed by atoms with van der Waals surface area (Å²) in [5.74, 6) is -1.33. The molecule has 2 aliphatic heterocycles. The first-order valence-electron chi connectivity index (χ1n) is 14.0. The number of aliphatic hydroxyl groups is 3. The Hall–Kier alpha value is -2.07. The number of aromatic nitrogens is 4. The largest absolute Gasteiger partial charge is 0.392 e. The van der Waals surface area contributed by atoms with Gasteiger partial charge in [0.2, 0.25) is 5.28 Å². The molecule has 2 saturated heterocycles. The van der Waals surface area contributed by atoms with Crippen molar-refractivity contribution in [2.75, 3.05) is 38.7 Å². The Bertz CT molecular complexity index is 1560. The number of hydrogen-bond donors (Lipinski definition) is 7. The average Bonchev–Trinajstić information content (AvgIpc) is 3.76. The number of carbonyl (C=O) groups is 1. The van der Waals surface area contributed by atoms with Crippen LogP contribution < -0.4 is 10.0 Å². The Kier molecular flexibility index (Phi) is 10.1. The van der Waals surface area contributed by atoms with Gasteiger partial charge >= 0.3 is 17.8 Å². The van der Waals surface area contributed by atoms with E-state index in [0.717, 1.165) is 41.8 Å². The number of nitrogens with zero attached hydrogens (tertiary/aromatic N) is 5. The summed E-state index contributed by atoms with van der Waals surface area (Å²) < 4.78 is 57.6. The van der Waals surface area contributed by atoms with Gasteiger partial charge in [-0.15, -0.1) is 0 Å². The van der Waals surface area contributed by atoms with Gasteiger partial charge in [-0.2, -0.15) is 27.8 Å². The van der Waals surface area contributed by atoms with Gasteiger partial charge in [-0.1, -0.05) is 12.8 Å². The van der Waals surface area contributed by atoms with Crippen molar-refractivity contribution >= 4 is 52.2 Å². The first-order valence-corrected chi connectivity index (χ1v) is 17.5. The zero-order valence-electron chi connectivity index (χ0n) is 24.0. The van der Waals surface area contributed by atoms with Gasteiger partial charge in [0.15, 0.2) is 11.9 Å². The number of ether oxygens (including phenoxy) is 3. The van der Waals surface area contributed by atoms with Crippen LogP contribution in [-0.4, -0.2) is 133 Å². The molecule has 0 unspecified atom stereocenters. The maximum absolute atomic E-state index is 13.2. The minimum atomic E-state index is -5.67. The average molecular weight is 700 g/mol. The molecule has 3 aliphatic rings. The minimum absolute atomic E-state index is 0.0931. The first kappa shape index (κ1) is 34.3. The number of anilines is 1. The molecule has 5 rings (SSSR count). The lowest BCUT2D eigenvalue weighted by atomic mass is 10.1. The minimum Gasteiger partial charge on any atom is -0.392 e. The zero-order valence-corrected chi connectivity index (χ0v) is 26.4. The Morgan fingerprint density at radius 1 is 1.20 bits per heavy atom. The number of carbonyl (C=O) groups excluding carboxylic acids is 1. The molecule has 6 atom stereocenters. The second-order valence-electron chi connectivity index (χ2n) is 11.1. The maximum Gasteiger partial charge on any atom is 0.369 e. The number of β-amino-alcohol motifs (C(OH)–C–C–N with tert-alkyl or cyclic N) is 1. The van der Waals surface area contributed by atoms with Crippen LogP contribution >= 0.6 is 19.2 Å². The summed E-state index contributed by atoms with van der Waals surface area (Å²) in [7, 11) is -9.32. The fourth-order valence-corrected chi connectivity index (χ4v) is 7.95. The van der Waals surface area contributed by atoms with E-state index in [2.05, 4.69) is 20.4 Å². The molecule has 22 heteroatoms. The van der Waals surface area contributed by atoms with Gasteiger partial charge in [-0.05, 0) is 30.9 Å². The van der Waals surface area contributed by atoms with Crippen LogP contribution in [0.15, 0.2) is 6.20 Å². The lowest BCUT2D eigenvalue weighted by Gasteiger charge is -2.33. The molecular weight excluding hydrogens is 665 g/mol. The number of methoxy groups -OCH3 is 1.